The predicted octanol–water partition coefficient (Wildman–Crippen LogP) is 5.16. The van der Waals surface area contributed by atoms with Crippen LogP contribution in [0.3, 0.4) is 0 Å². The van der Waals surface area contributed by atoms with Gasteiger partial charge in [-0.3, -0.25) is 5.43 Å². The summed E-state index contributed by atoms with van der Waals surface area (Å²) in [6.07, 6.45) is 0.370. The van der Waals surface area contributed by atoms with Crippen molar-refractivity contribution in [2.45, 2.75) is 32.7 Å². The second-order valence-corrected chi connectivity index (χ2v) is 12.0. The number of esters is 1. The molecular formula is C32H34BrIN4O8. The molecule has 1 aliphatic heterocycles. The number of hydrogen-bond donors (Lipinski definition) is 4. The molecule has 3 aromatic rings. The smallest absolute Gasteiger partial charge is 0.337 e. The number of benzene rings is 3. The van der Waals surface area contributed by atoms with Crippen LogP contribution in [-0.4, -0.2) is 57.0 Å². The lowest BCUT2D eigenvalue weighted by Crippen LogP contribution is -2.45. The SMILES string of the molecule is CCOc1cc([C@@H]2NC(=O)NC(C)=C2C(=O)OC)ccc1OC[C@H](O)N/N=C\c1cc(Br)c(OCc2ccc(I)cc2)c(OC)c1. The molecule has 3 aromatic carbocycles. The number of aliphatic hydroxyl groups is 1. The van der Waals surface area contributed by atoms with Crippen LogP contribution < -0.4 is 35.0 Å². The Hall–Kier alpha value is -4.02. The van der Waals surface area contributed by atoms with Crippen LogP contribution >= 0.6 is 38.5 Å². The molecule has 244 valence electrons. The van der Waals surface area contributed by atoms with Gasteiger partial charge in [-0.25, -0.2) is 9.59 Å². The first-order valence-corrected chi connectivity index (χ1v) is 16.0. The summed E-state index contributed by atoms with van der Waals surface area (Å²) in [7, 11) is 2.83. The summed E-state index contributed by atoms with van der Waals surface area (Å²) in [5.74, 6) is 1.23. The van der Waals surface area contributed by atoms with E-state index in [-0.39, 0.29) is 12.2 Å². The molecule has 0 bridgehead atoms. The zero-order chi connectivity index (χ0) is 33.2. The largest absolute Gasteiger partial charge is 0.493 e. The topological polar surface area (TPSA) is 149 Å². The maximum Gasteiger partial charge on any atom is 0.337 e. The highest BCUT2D eigenvalue weighted by molar-refractivity contribution is 14.1. The van der Waals surface area contributed by atoms with Crippen molar-refractivity contribution in [3.05, 3.63) is 90.6 Å². The van der Waals surface area contributed by atoms with Crippen LogP contribution in [0.15, 0.2) is 75.4 Å². The summed E-state index contributed by atoms with van der Waals surface area (Å²) in [6, 6.07) is 15.4. The van der Waals surface area contributed by atoms with Gasteiger partial charge >= 0.3 is 12.0 Å². The lowest BCUT2D eigenvalue weighted by atomic mass is 9.95. The van der Waals surface area contributed by atoms with E-state index < -0.39 is 24.3 Å². The lowest BCUT2D eigenvalue weighted by Gasteiger charge is -2.28. The Morgan fingerprint density at radius 1 is 1.09 bits per heavy atom. The highest BCUT2D eigenvalue weighted by atomic mass is 127. The molecule has 2 amide bonds. The van der Waals surface area contributed by atoms with Crippen LogP contribution in [0.5, 0.6) is 23.0 Å². The van der Waals surface area contributed by atoms with Crippen molar-refractivity contribution in [1.82, 2.24) is 16.1 Å². The summed E-state index contributed by atoms with van der Waals surface area (Å²) in [5.41, 5.74) is 5.60. The molecule has 0 fully saturated rings. The third-order valence-electron chi connectivity index (χ3n) is 6.66. The molecular weight excluding hydrogens is 775 g/mol. The first kappa shape index (κ1) is 34.8. The fraction of sp³-hybridized carbons (Fsp3) is 0.281. The number of halogens is 2. The number of hydrogen-bond acceptors (Lipinski definition) is 10. The highest BCUT2D eigenvalue weighted by Gasteiger charge is 2.32. The van der Waals surface area contributed by atoms with Gasteiger partial charge in [-0.1, -0.05) is 18.2 Å². The van der Waals surface area contributed by atoms with Crippen molar-refractivity contribution in [3.8, 4) is 23.0 Å². The van der Waals surface area contributed by atoms with Gasteiger partial charge in [0.05, 0.1) is 43.1 Å². The van der Waals surface area contributed by atoms with Gasteiger partial charge in [0.1, 0.15) is 13.2 Å². The fourth-order valence-corrected chi connectivity index (χ4v) is 5.44. The van der Waals surface area contributed by atoms with Gasteiger partial charge in [0.15, 0.2) is 29.2 Å². The number of rotatable bonds is 14. The Morgan fingerprint density at radius 3 is 2.54 bits per heavy atom. The molecule has 0 aliphatic carbocycles. The third kappa shape index (κ3) is 9.04. The van der Waals surface area contributed by atoms with E-state index in [0.29, 0.717) is 57.5 Å². The van der Waals surface area contributed by atoms with E-state index >= 15 is 0 Å². The standard InChI is InChI=1S/C32H34BrIN4O8/c1-5-44-25-14-21(29-28(31(40)43-4)18(2)36-32(41)37-29)8-11-24(25)45-17-27(39)38-35-15-20-12-23(33)30(26(13-20)42-3)46-16-19-6-9-22(34)10-7-19/h6-15,27,29,38-39H,5,16-17H2,1-4H3,(H2,36,37,41)/b35-15-/t27-,29-/m0/s1. The molecule has 0 unspecified atom stereocenters. The van der Waals surface area contributed by atoms with E-state index in [4.69, 9.17) is 23.7 Å². The molecule has 4 rings (SSSR count). The first-order valence-electron chi connectivity index (χ1n) is 14.1. The molecule has 12 nitrogen and oxygen atoms in total. The number of urea groups is 1. The number of amides is 2. The molecule has 0 radical (unpaired) electrons. The van der Waals surface area contributed by atoms with Crippen molar-refractivity contribution < 1.29 is 38.4 Å². The molecule has 0 saturated heterocycles. The van der Waals surface area contributed by atoms with Crippen LogP contribution in [0.25, 0.3) is 0 Å². The molecule has 46 heavy (non-hydrogen) atoms. The van der Waals surface area contributed by atoms with Crippen LogP contribution in [0.2, 0.25) is 0 Å². The number of aliphatic hydroxyl groups excluding tert-OH is 1. The Labute approximate surface area is 288 Å². The molecule has 1 heterocycles. The van der Waals surface area contributed by atoms with Crippen molar-refractivity contribution >= 4 is 56.7 Å². The Balaban J connectivity index is 1.38. The number of nitrogens with one attached hydrogen (secondary N) is 3. The molecule has 14 heteroatoms. The fourth-order valence-electron chi connectivity index (χ4n) is 4.51. The first-order chi connectivity index (χ1) is 22.1. The lowest BCUT2D eigenvalue weighted by molar-refractivity contribution is -0.136. The maximum absolute atomic E-state index is 12.5. The summed E-state index contributed by atoms with van der Waals surface area (Å²) in [4.78, 5) is 24.6. The minimum atomic E-state index is -1.16. The van der Waals surface area contributed by atoms with Gasteiger partial charge in [-0.05, 0) is 105 Å². The Morgan fingerprint density at radius 2 is 1.85 bits per heavy atom. The number of allylic oxidation sites excluding steroid dienone is 1. The van der Waals surface area contributed by atoms with E-state index in [1.54, 1.807) is 38.3 Å². The molecule has 0 aromatic heterocycles. The zero-order valence-electron chi connectivity index (χ0n) is 25.6. The van der Waals surface area contributed by atoms with E-state index in [0.717, 1.165) is 9.13 Å². The van der Waals surface area contributed by atoms with Crippen molar-refractivity contribution in [1.29, 1.82) is 0 Å². The van der Waals surface area contributed by atoms with Crippen molar-refractivity contribution in [2.75, 3.05) is 27.4 Å². The molecule has 0 saturated carbocycles. The molecule has 0 spiro atoms. The predicted molar refractivity (Wildman–Crippen MR) is 183 cm³/mol. The average molecular weight is 809 g/mol. The van der Waals surface area contributed by atoms with E-state index in [2.05, 4.69) is 59.7 Å². The molecule has 4 N–H and O–H groups in total. The minimum Gasteiger partial charge on any atom is -0.493 e. The number of methoxy groups -OCH3 is 2. The van der Waals surface area contributed by atoms with Crippen molar-refractivity contribution in [2.24, 2.45) is 5.10 Å². The number of carbonyl (C=O) groups excluding carboxylic acids is 2. The second-order valence-electron chi connectivity index (χ2n) is 9.86. The van der Waals surface area contributed by atoms with Gasteiger partial charge in [0.25, 0.3) is 0 Å². The Bertz CT molecular complexity index is 1620. The van der Waals surface area contributed by atoms with Crippen LogP contribution in [-0.2, 0) is 16.1 Å². The van der Waals surface area contributed by atoms with E-state index in [1.165, 1.54) is 13.3 Å². The maximum atomic E-state index is 12.5. The van der Waals surface area contributed by atoms with Gasteiger partial charge in [-0.15, -0.1) is 0 Å². The van der Waals surface area contributed by atoms with Gasteiger partial charge in [0, 0.05) is 9.27 Å². The minimum absolute atomic E-state index is 0.161. The third-order valence-corrected chi connectivity index (χ3v) is 7.97. The number of ether oxygens (including phenoxy) is 5. The number of carbonyl (C=O) groups is 2. The number of nitrogens with zero attached hydrogens (tertiary/aromatic N) is 1. The van der Waals surface area contributed by atoms with E-state index in [1.807, 2.05) is 37.3 Å². The van der Waals surface area contributed by atoms with Gasteiger partial charge in [-0.2, -0.15) is 5.10 Å². The van der Waals surface area contributed by atoms with Crippen LogP contribution in [0.4, 0.5) is 4.79 Å². The zero-order valence-corrected chi connectivity index (χ0v) is 29.3. The average Bonchev–Trinajstić information content (AvgIpc) is 3.03. The van der Waals surface area contributed by atoms with Gasteiger partial charge < -0.3 is 39.4 Å². The van der Waals surface area contributed by atoms with E-state index in [9.17, 15) is 14.7 Å². The summed E-state index contributed by atoms with van der Waals surface area (Å²) in [6.45, 7) is 3.98. The van der Waals surface area contributed by atoms with Gasteiger partial charge in [0.2, 0.25) is 0 Å². The second kappa shape index (κ2) is 16.5. The van der Waals surface area contributed by atoms with Crippen LogP contribution in [0, 0.1) is 3.57 Å². The summed E-state index contributed by atoms with van der Waals surface area (Å²) in [5, 5.41) is 20.0. The number of hydrazone groups is 1. The monoisotopic (exact) mass is 808 g/mol. The normalized spacial score (nSPS) is 15.1. The van der Waals surface area contributed by atoms with Crippen LogP contribution in [0.1, 0.15) is 36.6 Å². The quantitative estimate of drug-likeness (QED) is 0.0570. The molecule has 1 aliphatic rings. The summed E-state index contributed by atoms with van der Waals surface area (Å²) >= 11 is 5.80. The summed E-state index contributed by atoms with van der Waals surface area (Å²) < 4.78 is 29.9. The van der Waals surface area contributed by atoms with Crippen molar-refractivity contribution in [3.63, 3.8) is 0 Å². The Kier molecular flexibility index (Phi) is 12.5. The highest BCUT2D eigenvalue weighted by Crippen LogP contribution is 2.37. The molecule has 2 atom stereocenters.